The Morgan fingerprint density at radius 1 is 1.43 bits per heavy atom. The van der Waals surface area contributed by atoms with Crippen molar-refractivity contribution < 1.29 is 18.7 Å². The Morgan fingerprint density at radius 2 is 2.24 bits per heavy atom. The van der Waals surface area contributed by atoms with E-state index in [2.05, 4.69) is 0 Å². The van der Waals surface area contributed by atoms with Crippen LogP contribution in [-0.4, -0.2) is 28.6 Å². The highest BCUT2D eigenvalue weighted by atomic mass is 35.5. The second-order valence-corrected chi connectivity index (χ2v) is 5.37. The Kier molecular flexibility index (Phi) is 3.69. The molecule has 1 aliphatic rings. The van der Waals surface area contributed by atoms with Gasteiger partial charge in [-0.15, -0.1) is 0 Å². The van der Waals surface area contributed by atoms with Crippen LogP contribution >= 0.6 is 11.6 Å². The number of furan rings is 1. The molecule has 2 heterocycles. The molecule has 6 heteroatoms. The Bertz CT molecular complexity index is 672. The quantitative estimate of drug-likeness (QED) is 0.927. The summed E-state index contributed by atoms with van der Waals surface area (Å²) in [6.45, 7) is 0.182. The van der Waals surface area contributed by atoms with Gasteiger partial charge in [0.15, 0.2) is 0 Å². The molecule has 2 unspecified atom stereocenters. The first-order valence-electron chi connectivity index (χ1n) is 6.53. The van der Waals surface area contributed by atoms with Crippen LogP contribution in [0.25, 0.3) is 0 Å². The number of halogens is 2. The predicted octanol–water partition coefficient (Wildman–Crippen LogP) is 3.02. The molecule has 0 aliphatic carbocycles. The molecule has 1 aromatic heterocycles. The molecule has 0 saturated carbocycles. The molecule has 2 atom stereocenters. The van der Waals surface area contributed by atoms with E-state index in [1.165, 1.54) is 29.4 Å². The van der Waals surface area contributed by atoms with Crippen molar-refractivity contribution >= 4 is 17.5 Å². The van der Waals surface area contributed by atoms with Gasteiger partial charge >= 0.3 is 0 Å². The summed E-state index contributed by atoms with van der Waals surface area (Å²) in [6, 6.07) is 7.15. The van der Waals surface area contributed by atoms with Gasteiger partial charge in [0.25, 0.3) is 5.91 Å². The molecule has 4 nitrogen and oxygen atoms in total. The fourth-order valence-corrected chi connectivity index (χ4v) is 2.86. The topological polar surface area (TPSA) is 53.7 Å². The Hall–Kier alpha value is -1.85. The van der Waals surface area contributed by atoms with Crippen LogP contribution in [0.2, 0.25) is 5.22 Å². The fourth-order valence-electron chi connectivity index (χ4n) is 2.67. The zero-order valence-electron chi connectivity index (χ0n) is 11.0. The van der Waals surface area contributed by atoms with Crippen LogP contribution in [0.1, 0.15) is 28.4 Å². The zero-order valence-corrected chi connectivity index (χ0v) is 11.8. The largest absolute Gasteiger partial charge is 0.452 e. The molecule has 1 fully saturated rings. The Balaban J connectivity index is 1.93. The molecule has 21 heavy (non-hydrogen) atoms. The summed E-state index contributed by atoms with van der Waals surface area (Å²) in [4.78, 5) is 14.0. The molecular formula is C15H13ClFNO3. The monoisotopic (exact) mass is 309 g/mol. The molecule has 1 aromatic carbocycles. The second kappa shape index (κ2) is 5.50. The Labute approximate surface area is 125 Å². The predicted molar refractivity (Wildman–Crippen MR) is 74.5 cm³/mol. The maximum absolute atomic E-state index is 13.4. The van der Waals surface area contributed by atoms with E-state index in [9.17, 15) is 14.3 Å². The molecule has 0 radical (unpaired) electrons. The molecule has 1 N–H and O–H groups in total. The number of aliphatic hydroxyl groups excluding tert-OH is 1. The van der Waals surface area contributed by atoms with E-state index in [0.29, 0.717) is 12.0 Å². The molecule has 0 spiro atoms. The minimum atomic E-state index is -0.645. The van der Waals surface area contributed by atoms with Gasteiger partial charge in [0, 0.05) is 6.54 Å². The highest BCUT2D eigenvalue weighted by Gasteiger charge is 2.36. The number of β-amino-alcohol motifs (C(OH)–C–C–N with tert-alkyl or cyclic N) is 1. The van der Waals surface area contributed by atoms with Gasteiger partial charge in [0.1, 0.15) is 5.82 Å². The number of likely N-dealkylation sites (tertiary alicyclic amines) is 1. The first kappa shape index (κ1) is 14.1. The fraction of sp³-hybridized carbons (Fsp3) is 0.267. The molecule has 3 rings (SSSR count). The number of hydrogen-bond donors (Lipinski definition) is 1. The van der Waals surface area contributed by atoms with Crippen LogP contribution < -0.4 is 0 Å². The van der Waals surface area contributed by atoms with Crippen molar-refractivity contribution in [3.8, 4) is 0 Å². The zero-order chi connectivity index (χ0) is 15.0. The highest BCUT2D eigenvalue weighted by molar-refractivity contribution is 6.32. The third kappa shape index (κ3) is 2.66. The van der Waals surface area contributed by atoms with Gasteiger partial charge < -0.3 is 14.4 Å². The summed E-state index contributed by atoms with van der Waals surface area (Å²) in [5, 5.41) is 9.89. The third-order valence-corrected chi connectivity index (χ3v) is 3.91. The standard InChI is InChI=1S/C15H13ClFNO3/c16-14-12(4-5-21-14)15(20)18-8-11(19)7-13(18)9-2-1-3-10(17)6-9/h1-6,11,13,19H,7-8H2. The molecule has 1 saturated heterocycles. The van der Waals surface area contributed by atoms with Gasteiger partial charge in [0.05, 0.1) is 24.0 Å². The molecule has 1 aliphatic heterocycles. The van der Waals surface area contributed by atoms with Gasteiger partial charge in [0.2, 0.25) is 5.22 Å². The van der Waals surface area contributed by atoms with Crippen molar-refractivity contribution in [2.24, 2.45) is 0 Å². The smallest absolute Gasteiger partial charge is 0.259 e. The molecular weight excluding hydrogens is 297 g/mol. The van der Waals surface area contributed by atoms with Crippen molar-refractivity contribution in [3.63, 3.8) is 0 Å². The van der Waals surface area contributed by atoms with E-state index in [0.717, 1.165) is 0 Å². The van der Waals surface area contributed by atoms with Crippen molar-refractivity contribution in [2.45, 2.75) is 18.6 Å². The van der Waals surface area contributed by atoms with E-state index in [-0.39, 0.29) is 35.1 Å². The number of carbonyl (C=O) groups excluding carboxylic acids is 1. The number of benzene rings is 1. The normalized spacial score (nSPS) is 21.8. The van der Waals surface area contributed by atoms with Crippen molar-refractivity contribution in [1.29, 1.82) is 0 Å². The second-order valence-electron chi connectivity index (χ2n) is 5.03. The van der Waals surface area contributed by atoms with Crippen LogP contribution in [0.5, 0.6) is 0 Å². The lowest BCUT2D eigenvalue weighted by Gasteiger charge is -2.24. The van der Waals surface area contributed by atoms with Crippen LogP contribution in [0.4, 0.5) is 4.39 Å². The average molecular weight is 310 g/mol. The van der Waals surface area contributed by atoms with Crippen LogP contribution in [0.15, 0.2) is 41.0 Å². The van der Waals surface area contributed by atoms with Gasteiger partial charge in [-0.1, -0.05) is 12.1 Å². The molecule has 110 valence electrons. The lowest BCUT2D eigenvalue weighted by molar-refractivity contribution is 0.0715. The number of hydrogen-bond acceptors (Lipinski definition) is 3. The minimum absolute atomic E-state index is 0.0133. The van der Waals surface area contributed by atoms with Crippen molar-refractivity contribution in [3.05, 3.63) is 58.8 Å². The van der Waals surface area contributed by atoms with Crippen LogP contribution in [-0.2, 0) is 0 Å². The summed E-state index contributed by atoms with van der Waals surface area (Å²) in [6.07, 6.45) is 1.05. The SMILES string of the molecule is O=C(c1ccoc1Cl)N1CC(O)CC1c1cccc(F)c1. The third-order valence-electron chi connectivity index (χ3n) is 3.62. The average Bonchev–Trinajstić information content (AvgIpc) is 3.04. The number of aliphatic hydroxyl groups is 1. The summed E-state index contributed by atoms with van der Waals surface area (Å²) in [5.41, 5.74) is 0.895. The van der Waals surface area contributed by atoms with E-state index < -0.39 is 6.10 Å². The maximum atomic E-state index is 13.4. The molecule has 0 bridgehead atoms. The van der Waals surface area contributed by atoms with Gasteiger partial charge in [-0.3, -0.25) is 4.79 Å². The maximum Gasteiger partial charge on any atom is 0.259 e. The number of amides is 1. The van der Waals surface area contributed by atoms with Crippen molar-refractivity contribution in [2.75, 3.05) is 6.54 Å². The lowest BCUT2D eigenvalue weighted by atomic mass is 10.0. The highest BCUT2D eigenvalue weighted by Crippen LogP contribution is 2.34. The summed E-state index contributed by atoms with van der Waals surface area (Å²) < 4.78 is 18.3. The summed E-state index contributed by atoms with van der Waals surface area (Å²) in [7, 11) is 0. The Morgan fingerprint density at radius 3 is 2.90 bits per heavy atom. The first-order valence-corrected chi connectivity index (χ1v) is 6.91. The first-order chi connectivity index (χ1) is 10.1. The number of carbonyl (C=O) groups is 1. The minimum Gasteiger partial charge on any atom is -0.452 e. The van der Waals surface area contributed by atoms with Gasteiger partial charge in [-0.05, 0) is 41.8 Å². The molecule has 2 aromatic rings. The molecule has 1 amide bonds. The lowest BCUT2D eigenvalue weighted by Crippen LogP contribution is -2.31. The summed E-state index contributed by atoms with van der Waals surface area (Å²) in [5.74, 6) is -0.706. The summed E-state index contributed by atoms with van der Waals surface area (Å²) >= 11 is 5.83. The van der Waals surface area contributed by atoms with E-state index in [1.54, 1.807) is 12.1 Å². The number of nitrogens with zero attached hydrogens (tertiary/aromatic N) is 1. The van der Waals surface area contributed by atoms with Crippen molar-refractivity contribution in [1.82, 2.24) is 4.90 Å². The number of rotatable bonds is 2. The van der Waals surface area contributed by atoms with Gasteiger partial charge in [-0.25, -0.2) is 4.39 Å². The van der Waals surface area contributed by atoms with Crippen LogP contribution in [0, 0.1) is 5.82 Å². The van der Waals surface area contributed by atoms with Gasteiger partial charge in [-0.2, -0.15) is 0 Å². The van der Waals surface area contributed by atoms with Crippen LogP contribution in [0.3, 0.4) is 0 Å². The van der Waals surface area contributed by atoms with E-state index in [4.69, 9.17) is 16.0 Å². The van der Waals surface area contributed by atoms with E-state index >= 15 is 0 Å². The van der Waals surface area contributed by atoms with E-state index in [1.807, 2.05) is 0 Å².